The molecule has 172 valence electrons. The third kappa shape index (κ3) is 2.83. The minimum atomic E-state index is -0.0417. The zero-order valence-corrected chi connectivity index (χ0v) is 20.5. The van der Waals surface area contributed by atoms with E-state index in [1.54, 1.807) is 0 Å². The van der Waals surface area contributed by atoms with Gasteiger partial charge in [0.25, 0.3) is 0 Å². The van der Waals surface area contributed by atoms with Gasteiger partial charge >= 0.3 is 0 Å². The lowest BCUT2D eigenvalue weighted by Crippen LogP contribution is -2.14. The van der Waals surface area contributed by atoms with Crippen molar-refractivity contribution < 1.29 is 0 Å². The van der Waals surface area contributed by atoms with Crippen molar-refractivity contribution in [2.24, 2.45) is 0 Å². The fourth-order valence-corrected chi connectivity index (χ4v) is 6.29. The molecule has 1 nitrogen and oxygen atoms in total. The molecule has 6 aromatic rings. The summed E-state index contributed by atoms with van der Waals surface area (Å²) in [6.45, 7) is 4.67. The van der Waals surface area contributed by atoms with Crippen molar-refractivity contribution in [2.45, 2.75) is 19.3 Å². The SMILES string of the molecule is CC1(C)c2ccccc2-c2ccc(-c3cccc4c(-c5ccccc5)c5ccccc5c(N)c34)cc21. The molecule has 2 N–H and O–H groups in total. The molecule has 0 unspecified atom stereocenters. The van der Waals surface area contributed by atoms with E-state index in [0.717, 1.165) is 16.5 Å². The Hall–Kier alpha value is -4.36. The number of hydrogen-bond donors (Lipinski definition) is 1. The van der Waals surface area contributed by atoms with Crippen LogP contribution in [0.5, 0.6) is 0 Å². The van der Waals surface area contributed by atoms with Crippen molar-refractivity contribution in [2.75, 3.05) is 5.73 Å². The summed E-state index contributed by atoms with van der Waals surface area (Å²) in [5.74, 6) is 0. The summed E-state index contributed by atoms with van der Waals surface area (Å²) in [5.41, 5.74) is 18.1. The number of hydrogen-bond acceptors (Lipinski definition) is 1. The predicted octanol–water partition coefficient (Wildman–Crippen LogP) is 9.22. The third-order valence-electron chi connectivity index (χ3n) is 8.05. The van der Waals surface area contributed by atoms with Gasteiger partial charge in [0.15, 0.2) is 0 Å². The van der Waals surface area contributed by atoms with Crippen LogP contribution in [0.2, 0.25) is 0 Å². The minimum Gasteiger partial charge on any atom is -0.398 e. The van der Waals surface area contributed by atoms with Crippen LogP contribution in [0.3, 0.4) is 0 Å². The average molecular weight is 462 g/mol. The van der Waals surface area contributed by atoms with E-state index in [2.05, 4.69) is 129 Å². The van der Waals surface area contributed by atoms with Crippen LogP contribution >= 0.6 is 0 Å². The molecule has 0 spiro atoms. The Bertz CT molecular complexity index is 1810. The van der Waals surface area contributed by atoms with Crippen LogP contribution < -0.4 is 5.73 Å². The molecule has 0 fully saturated rings. The highest BCUT2D eigenvalue weighted by atomic mass is 14.6. The van der Waals surface area contributed by atoms with Crippen LogP contribution in [0.15, 0.2) is 115 Å². The lowest BCUT2D eigenvalue weighted by molar-refractivity contribution is 0.660. The van der Waals surface area contributed by atoms with Crippen LogP contribution in [0.1, 0.15) is 25.0 Å². The minimum absolute atomic E-state index is 0.0417. The Balaban J connectivity index is 1.55. The van der Waals surface area contributed by atoms with Gasteiger partial charge in [-0.3, -0.25) is 0 Å². The first-order valence-electron chi connectivity index (χ1n) is 12.6. The molecule has 0 saturated heterocycles. The first kappa shape index (κ1) is 21.0. The smallest absolute Gasteiger partial charge is 0.0480 e. The molecule has 0 atom stereocenters. The quantitative estimate of drug-likeness (QED) is 0.202. The van der Waals surface area contributed by atoms with E-state index in [1.807, 2.05) is 0 Å². The number of fused-ring (bicyclic) bond motifs is 5. The monoisotopic (exact) mass is 461 g/mol. The maximum atomic E-state index is 6.97. The number of nitrogens with two attached hydrogens (primary N) is 1. The molecule has 0 radical (unpaired) electrons. The number of benzene rings is 6. The molecule has 0 saturated carbocycles. The van der Waals surface area contributed by atoms with Gasteiger partial charge in [0.05, 0.1) is 0 Å². The summed E-state index contributed by atoms with van der Waals surface area (Å²) in [4.78, 5) is 0. The Kier molecular flexibility index (Phi) is 4.41. The molecule has 1 heteroatoms. The van der Waals surface area contributed by atoms with Crippen molar-refractivity contribution in [1.82, 2.24) is 0 Å². The van der Waals surface area contributed by atoms with E-state index in [0.29, 0.717) is 0 Å². The average Bonchev–Trinajstić information content (AvgIpc) is 3.15. The Morgan fingerprint density at radius 3 is 1.97 bits per heavy atom. The predicted molar refractivity (Wildman–Crippen MR) is 154 cm³/mol. The van der Waals surface area contributed by atoms with Crippen LogP contribution in [0.4, 0.5) is 5.69 Å². The van der Waals surface area contributed by atoms with Crippen molar-refractivity contribution in [3.63, 3.8) is 0 Å². The van der Waals surface area contributed by atoms with Gasteiger partial charge in [0, 0.05) is 21.9 Å². The topological polar surface area (TPSA) is 26.0 Å². The molecule has 6 aromatic carbocycles. The molecule has 0 amide bonds. The molecule has 1 aliphatic carbocycles. The maximum Gasteiger partial charge on any atom is 0.0480 e. The summed E-state index contributed by atoms with van der Waals surface area (Å²) in [6.07, 6.45) is 0. The van der Waals surface area contributed by atoms with Gasteiger partial charge in [-0.25, -0.2) is 0 Å². The lowest BCUT2D eigenvalue weighted by Gasteiger charge is -2.22. The fraction of sp³-hybridized carbons (Fsp3) is 0.0857. The van der Waals surface area contributed by atoms with Gasteiger partial charge in [-0.05, 0) is 61.3 Å². The molecule has 1 aliphatic rings. The molecule has 36 heavy (non-hydrogen) atoms. The number of rotatable bonds is 2. The molecule has 0 bridgehead atoms. The van der Waals surface area contributed by atoms with Crippen LogP contribution in [-0.2, 0) is 5.41 Å². The Labute approximate surface area is 211 Å². The number of nitrogen functional groups attached to an aromatic ring is 1. The van der Waals surface area contributed by atoms with E-state index >= 15 is 0 Å². The molecular weight excluding hydrogens is 434 g/mol. The van der Waals surface area contributed by atoms with E-state index in [4.69, 9.17) is 5.73 Å². The van der Waals surface area contributed by atoms with E-state index < -0.39 is 0 Å². The first-order valence-corrected chi connectivity index (χ1v) is 12.6. The Morgan fingerprint density at radius 1 is 0.500 bits per heavy atom. The van der Waals surface area contributed by atoms with Crippen molar-refractivity contribution in [3.05, 3.63) is 126 Å². The standard InChI is InChI=1S/C35H27N/c1-35(2)30-18-9-8-13-25(30)26-20-19-23(21-31(26)35)24-16-10-17-29-32(22-11-4-3-5-12-22)27-14-6-7-15-28(27)34(36)33(24)29/h3-21H,36H2,1-2H3. The summed E-state index contributed by atoms with van der Waals surface area (Å²) in [6, 6.07) is 41.6. The van der Waals surface area contributed by atoms with Gasteiger partial charge in [0.2, 0.25) is 0 Å². The first-order chi connectivity index (χ1) is 17.6. The van der Waals surface area contributed by atoms with Gasteiger partial charge in [-0.2, -0.15) is 0 Å². The largest absolute Gasteiger partial charge is 0.398 e. The zero-order valence-electron chi connectivity index (χ0n) is 20.5. The van der Waals surface area contributed by atoms with E-state index in [1.165, 1.54) is 55.3 Å². The summed E-state index contributed by atoms with van der Waals surface area (Å²) in [5, 5.41) is 4.61. The van der Waals surface area contributed by atoms with Gasteiger partial charge in [-0.1, -0.05) is 123 Å². The highest BCUT2D eigenvalue weighted by Crippen LogP contribution is 2.50. The highest BCUT2D eigenvalue weighted by Gasteiger charge is 2.35. The summed E-state index contributed by atoms with van der Waals surface area (Å²) >= 11 is 0. The van der Waals surface area contributed by atoms with E-state index in [-0.39, 0.29) is 5.41 Å². The third-order valence-corrected chi connectivity index (χ3v) is 8.05. The van der Waals surface area contributed by atoms with Crippen LogP contribution in [-0.4, -0.2) is 0 Å². The van der Waals surface area contributed by atoms with Gasteiger partial charge in [-0.15, -0.1) is 0 Å². The zero-order chi connectivity index (χ0) is 24.4. The fourth-order valence-electron chi connectivity index (χ4n) is 6.29. The summed E-state index contributed by atoms with van der Waals surface area (Å²) in [7, 11) is 0. The van der Waals surface area contributed by atoms with Crippen LogP contribution in [0, 0.1) is 0 Å². The second kappa shape index (κ2) is 7.57. The molecular formula is C35H27N. The molecule has 7 rings (SSSR count). The summed E-state index contributed by atoms with van der Waals surface area (Å²) < 4.78 is 0. The van der Waals surface area contributed by atoms with Crippen molar-refractivity contribution >= 4 is 27.2 Å². The molecule has 0 aromatic heterocycles. The van der Waals surface area contributed by atoms with E-state index in [9.17, 15) is 0 Å². The second-order valence-electron chi connectivity index (χ2n) is 10.4. The Morgan fingerprint density at radius 2 is 1.14 bits per heavy atom. The lowest BCUT2D eigenvalue weighted by atomic mass is 9.81. The van der Waals surface area contributed by atoms with Crippen molar-refractivity contribution in [3.8, 4) is 33.4 Å². The normalized spacial score (nSPS) is 13.6. The van der Waals surface area contributed by atoms with Gasteiger partial charge < -0.3 is 5.73 Å². The second-order valence-corrected chi connectivity index (χ2v) is 10.4. The highest BCUT2D eigenvalue weighted by molar-refractivity contribution is 6.23. The van der Waals surface area contributed by atoms with Crippen molar-refractivity contribution in [1.29, 1.82) is 0 Å². The number of anilines is 1. The molecule has 0 aliphatic heterocycles. The van der Waals surface area contributed by atoms with Crippen LogP contribution in [0.25, 0.3) is 54.9 Å². The maximum absolute atomic E-state index is 6.97. The molecule has 0 heterocycles. The van der Waals surface area contributed by atoms with Gasteiger partial charge in [0.1, 0.15) is 0 Å².